The molecule has 1 aliphatic heterocycles. The van der Waals surface area contributed by atoms with Crippen molar-refractivity contribution in [1.82, 2.24) is 5.32 Å². The van der Waals surface area contributed by atoms with E-state index in [4.69, 9.17) is 9.47 Å². The molecule has 6 heteroatoms. The number of benzene rings is 1. The quantitative estimate of drug-likeness (QED) is 0.888. The molecule has 2 N–H and O–H groups in total. The highest BCUT2D eigenvalue weighted by Gasteiger charge is 2.44. The van der Waals surface area contributed by atoms with E-state index in [-0.39, 0.29) is 0 Å². The predicted molar refractivity (Wildman–Crippen MR) is 80.4 cm³/mol. The highest BCUT2D eigenvalue weighted by molar-refractivity contribution is 8.00. The fourth-order valence-electron chi connectivity index (χ4n) is 2.92. The standard InChI is InChI=1S/C15H19NO4S/c1-16-15(14(17)18)5-4-11(9-15)21-10-2-3-12-13(8-10)20-7-6-19-12/h2-3,8,11,16H,4-7,9H2,1H3,(H,17,18). The largest absolute Gasteiger partial charge is 0.486 e. The Morgan fingerprint density at radius 2 is 2.14 bits per heavy atom. The van der Waals surface area contributed by atoms with Gasteiger partial charge in [-0.1, -0.05) is 0 Å². The lowest BCUT2D eigenvalue weighted by Crippen LogP contribution is -2.48. The number of fused-ring (bicyclic) bond motifs is 1. The molecule has 0 aromatic heterocycles. The first-order valence-corrected chi connectivity index (χ1v) is 7.99. The third kappa shape index (κ3) is 2.82. The Hall–Kier alpha value is -1.40. The van der Waals surface area contributed by atoms with Gasteiger partial charge in [-0.3, -0.25) is 4.79 Å². The molecule has 3 rings (SSSR count). The summed E-state index contributed by atoms with van der Waals surface area (Å²) in [6.07, 6.45) is 2.20. The summed E-state index contributed by atoms with van der Waals surface area (Å²) >= 11 is 1.72. The van der Waals surface area contributed by atoms with Crippen LogP contribution in [0.5, 0.6) is 11.5 Å². The third-order valence-corrected chi connectivity index (χ3v) is 5.44. The summed E-state index contributed by atoms with van der Waals surface area (Å²) in [7, 11) is 1.73. The van der Waals surface area contributed by atoms with E-state index < -0.39 is 11.5 Å². The lowest BCUT2D eigenvalue weighted by molar-refractivity contribution is -0.144. The van der Waals surface area contributed by atoms with Gasteiger partial charge in [0.25, 0.3) is 0 Å². The number of ether oxygens (including phenoxy) is 2. The SMILES string of the molecule is CNC1(C(=O)O)CCC(Sc2ccc3c(c2)OCCO3)C1. The van der Waals surface area contributed by atoms with Crippen molar-refractivity contribution >= 4 is 17.7 Å². The predicted octanol–water partition coefficient (Wildman–Crippen LogP) is 2.15. The van der Waals surface area contributed by atoms with Crippen LogP contribution >= 0.6 is 11.8 Å². The third-order valence-electron chi connectivity index (χ3n) is 4.17. The number of carboxylic acid groups (broad SMARTS) is 1. The molecule has 0 spiro atoms. The monoisotopic (exact) mass is 309 g/mol. The van der Waals surface area contributed by atoms with E-state index in [1.165, 1.54) is 0 Å². The van der Waals surface area contributed by atoms with Crippen molar-refractivity contribution in [2.45, 2.75) is 34.9 Å². The van der Waals surface area contributed by atoms with Gasteiger partial charge in [-0.2, -0.15) is 0 Å². The van der Waals surface area contributed by atoms with E-state index in [1.807, 2.05) is 18.2 Å². The van der Waals surface area contributed by atoms with E-state index in [2.05, 4.69) is 5.32 Å². The fourth-order valence-corrected chi connectivity index (χ4v) is 4.23. The Labute approximate surface area is 128 Å². The average molecular weight is 309 g/mol. The van der Waals surface area contributed by atoms with Gasteiger partial charge in [0.1, 0.15) is 18.8 Å². The van der Waals surface area contributed by atoms with E-state index in [1.54, 1.807) is 18.8 Å². The first kappa shape index (κ1) is 14.5. The molecule has 0 amide bonds. The van der Waals surface area contributed by atoms with Crippen LogP contribution in [0.2, 0.25) is 0 Å². The maximum absolute atomic E-state index is 11.4. The summed E-state index contributed by atoms with van der Waals surface area (Å²) in [5.41, 5.74) is -0.772. The van der Waals surface area contributed by atoms with Gasteiger partial charge in [-0.15, -0.1) is 11.8 Å². The minimum atomic E-state index is -0.772. The minimum Gasteiger partial charge on any atom is -0.486 e. The summed E-state index contributed by atoms with van der Waals surface area (Å²) in [6.45, 7) is 1.16. The Balaban J connectivity index is 1.69. The highest BCUT2D eigenvalue weighted by atomic mass is 32.2. The van der Waals surface area contributed by atoms with Crippen molar-refractivity contribution in [3.63, 3.8) is 0 Å². The summed E-state index contributed by atoms with van der Waals surface area (Å²) in [4.78, 5) is 12.5. The molecule has 21 heavy (non-hydrogen) atoms. The maximum Gasteiger partial charge on any atom is 0.323 e. The molecule has 1 aromatic rings. The number of thioether (sulfide) groups is 1. The van der Waals surface area contributed by atoms with Crippen molar-refractivity contribution in [3.8, 4) is 11.5 Å². The highest BCUT2D eigenvalue weighted by Crippen LogP contribution is 2.42. The summed E-state index contributed by atoms with van der Waals surface area (Å²) in [5, 5.41) is 12.7. The van der Waals surface area contributed by atoms with Gasteiger partial charge in [0.05, 0.1) is 0 Å². The van der Waals surface area contributed by atoms with Gasteiger partial charge in [-0.25, -0.2) is 0 Å². The van der Waals surface area contributed by atoms with Gasteiger partial charge >= 0.3 is 5.97 Å². The fraction of sp³-hybridized carbons (Fsp3) is 0.533. The minimum absolute atomic E-state index is 0.302. The number of aliphatic carboxylic acids is 1. The Bertz CT molecular complexity index is 550. The number of nitrogens with one attached hydrogen (secondary N) is 1. The lowest BCUT2D eigenvalue weighted by Gasteiger charge is -2.23. The summed E-state index contributed by atoms with van der Waals surface area (Å²) < 4.78 is 11.1. The Morgan fingerprint density at radius 1 is 1.38 bits per heavy atom. The number of hydrogen-bond donors (Lipinski definition) is 2. The van der Waals surface area contributed by atoms with E-state index in [9.17, 15) is 9.90 Å². The molecule has 1 heterocycles. The number of hydrogen-bond acceptors (Lipinski definition) is 5. The second kappa shape index (κ2) is 5.77. The van der Waals surface area contributed by atoms with Crippen LogP contribution in [0.4, 0.5) is 0 Å². The van der Waals surface area contributed by atoms with Crippen LogP contribution in [-0.2, 0) is 4.79 Å². The molecule has 2 unspecified atom stereocenters. The van der Waals surface area contributed by atoms with E-state index >= 15 is 0 Å². The van der Waals surface area contributed by atoms with Crippen LogP contribution < -0.4 is 14.8 Å². The molecule has 114 valence electrons. The topological polar surface area (TPSA) is 67.8 Å². The van der Waals surface area contributed by atoms with Gasteiger partial charge in [0, 0.05) is 10.1 Å². The number of carbonyl (C=O) groups is 1. The molecular weight excluding hydrogens is 290 g/mol. The zero-order chi connectivity index (χ0) is 14.9. The molecule has 1 aliphatic carbocycles. The molecule has 0 radical (unpaired) electrons. The second-order valence-electron chi connectivity index (χ2n) is 5.43. The maximum atomic E-state index is 11.4. The zero-order valence-electron chi connectivity index (χ0n) is 11.9. The van der Waals surface area contributed by atoms with E-state index in [0.717, 1.165) is 22.8 Å². The zero-order valence-corrected chi connectivity index (χ0v) is 12.7. The molecule has 1 aromatic carbocycles. The van der Waals surface area contributed by atoms with E-state index in [0.29, 0.717) is 31.3 Å². The molecule has 2 atom stereocenters. The number of carboxylic acids is 1. The Kier molecular flexibility index (Phi) is 3.99. The Morgan fingerprint density at radius 3 is 2.81 bits per heavy atom. The van der Waals surface area contributed by atoms with Crippen LogP contribution in [0.25, 0.3) is 0 Å². The van der Waals surface area contributed by atoms with Crippen molar-refractivity contribution in [3.05, 3.63) is 18.2 Å². The average Bonchev–Trinajstić information content (AvgIpc) is 2.92. The van der Waals surface area contributed by atoms with Crippen LogP contribution in [0.15, 0.2) is 23.1 Å². The van der Waals surface area contributed by atoms with Gasteiger partial charge in [0.2, 0.25) is 0 Å². The molecule has 1 saturated carbocycles. The van der Waals surface area contributed by atoms with Gasteiger partial charge in [-0.05, 0) is 44.5 Å². The van der Waals surface area contributed by atoms with Crippen molar-refractivity contribution < 1.29 is 19.4 Å². The van der Waals surface area contributed by atoms with Crippen LogP contribution in [0.3, 0.4) is 0 Å². The smallest absolute Gasteiger partial charge is 0.323 e. The lowest BCUT2D eigenvalue weighted by atomic mass is 9.99. The van der Waals surface area contributed by atoms with Gasteiger partial charge in [0.15, 0.2) is 11.5 Å². The normalized spacial score (nSPS) is 27.6. The number of likely N-dealkylation sites (N-methyl/N-ethyl adjacent to an activating group) is 1. The first-order chi connectivity index (χ1) is 10.1. The summed E-state index contributed by atoms with van der Waals surface area (Å²) in [6, 6.07) is 5.92. The molecule has 1 fully saturated rings. The molecule has 2 aliphatic rings. The van der Waals surface area contributed by atoms with Crippen LogP contribution in [0, 0.1) is 0 Å². The summed E-state index contributed by atoms with van der Waals surface area (Å²) in [5.74, 6) is 0.810. The van der Waals surface area contributed by atoms with Crippen molar-refractivity contribution in [2.75, 3.05) is 20.3 Å². The number of rotatable bonds is 4. The van der Waals surface area contributed by atoms with Crippen LogP contribution in [0.1, 0.15) is 19.3 Å². The molecule has 0 saturated heterocycles. The van der Waals surface area contributed by atoms with Crippen molar-refractivity contribution in [1.29, 1.82) is 0 Å². The first-order valence-electron chi connectivity index (χ1n) is 7.11. The van der Waals surface area contributed by atoms with Gasteiger partial charge < -0.3 is 19.9 Å². The molecular formula is C15H19NO4S. The van der Waals surface area contributed by atoms with Crippen molar-refractivity contribution in [2.24, 2.45) is 0 Å². The molecule has 0 bridgehead atoms. The second-order valence-corrected chi connectivity index (χ2v) is 6.80. The molecule has 5 nitrogen and oxygen atoms in total. The van der Waals surface area contributed by atoms with Crippen LogP contribution in [-0.4, -0.2) is 42.1 Å².